The third kappa shape index (κ3) is 3.89. The Hall–Kier alpha value is -5.86. The number of hydrogen-bond donors (Lipinski definition) is 1. The van der Waals surface area contributed by atoms with Crippen LogP contribution in [0.5, 0.6) is 0 Å². The summed E-state index contributed by atoms with van der Waals surface area (Å²) in [5.41, 5.74) is 7.20. The fraction of sp³-hybridized carbons (Fsp3) is 0. The smallest absolute Gasteiger partial charge is 0.0645 e. The Bertz CT molecular complexity index is 2880. The fourth-order valence-corrected chi connectivity index (χ4v) is 6.29. The lowest BCUT2D eigenvalue weighted by atomic mass is 9.97. The van der Waals surface area contributed by atoms with Crippen molar-refractivity contribution in [2.24, 2.45) is 0 Å². The highest BCUT2D eigenvalue weighted by molar-refractivity contribution is 6.12. The molecule has 0 atom stereocenters. The Morgan fingerprint density at radius 1 is 0.455 bits per heavy atom. The van der Waals surface area contributed by atoms with Crippen molar-refractivity contribution in [1.29, 1.82) is 0 Å². The molecule has 9 rings (SSSR count). The molecular formula is C42H28N2. The molecule has 0 unspecified atom stereocenters. The molecule has 0 radical (unpaired) electrons. The monoisotopic (exact) mass is 567 g/mol. The van der Waals surface area contributed by atoms with E-state index in [1.807, 2.05) is 121 Å². The van der Waals surface area contributed by atoms with E-state index in [0.717, 1.165) is 44.1 Å². The van der Waals surface area contributed by atoms with Gasteiger partial charge in [-0.2, -0.15) is 0 Å². The SMILES string of the molecule is [2H]c1c([2H])c([2H])c2c(c1[2H])c1c([2H])c(-c3ccc4[nH]c5ccccc5c4c3)c([2H])c([2H])c1n2-c1ccc(-c2ccccc2)cc1-c1ccccc1. The van der Waals surface area contributed by atoms with Gasteiger partial charge in [0, 0.05) is 38.1 Å². The summed E-state index contributed by atoms with van der Waals surface area (Å²) in [7, 11) is 0. The van der Waals surface area contributed by atoms with E-state index in [1.165, 1.54) is 0 Å². The molecule has 0 aliphatic heterocycles. The van der Waals surface area contributed by atoms with Crippen molar-refractivity contribution < 1.29 is 9.60 Å². The van der Waals surface area contributed by atoms with Crippen molar-refractivity contribution in [2.75, 3.05) is 0 Å². The maximum Gasteiger partial charge on any atom is 0.0645 e. The second-order valence-corrected chi connectivity index (χ2v) is 10.9. The molecule has 2 aromatic heterocycles. The lowest BCUT2D eigenvalue weighted by Gasteiger charge is -2.16. The number of nitrogens with one attached hydrogen (secondary N) is 1. The summed E-state index contributed by atoms with van der Waals surface area (Å²) in [6, 6.07) is 37.4. The number of benzene rings is 7. The zero-order valence-electron chi connectivity index (χ0n) is 30.5. The first-order chi connectivity index (χ1) is 24.7. The molecule has 0 saturated heterocycles. The summed E-state index contributed by atoms with van der Waals surface area (Å²) in [4.78, 5) is 3.41. The van der Waals surface area contributed by atoms with Gasteiger partial charge in [0.05, 0.1) is 26.3 Å². The highest BCUT2D eigenvalue weighted by Crippen LogP contribution is 2.40. The Kier molecular flexibility index (Phi) is 4.17. The molecule has 0 aliphatic carbocycles. The second-order valence-electron chi connectivity index (χ2n) is 10.9. The quantitative estimate of drug-likeness (QED) is 0.218. The first-order valence-corrected chi connectivity index (χ1v) is 14.5. The Morgan fingerprint density at radius 2 is 1.14 bits per heavy atom. The van der Waals surface area contributed by atoms with E-state index in [0.29, 0.717) is 11.3 Å². The minimum absolute atomic E-state index is 0.0684. The first kappa shape index (κ1) is 18.6. The van der Waals surface area contributed by atoms with Crippen LogP contribution in [0.3, 0.4) is 0 Å². The third-order valence-corrected chi connectivity index (χ3v) is 8.38. The van der Waals surface area contributed by atoms with E-state index in [-0.39, 0.29) is 57.6 Å². The van der Waals surface area contributed by atoms with Gasteiger partial charge in [-0.3, -0.25) is 0 Å². The van der Waals surface area contributed by atoms with Crippen LogP contribution in [0, 0.1) is 0 Å². The molecule has 0 bridgehead atoms. The average molecular weight is 568 g/mol. The van der Waals surface area contributed by atoms with Gasteiger partial charge in [0.1, 0.15) is 0 Å². The molecule has 0 spiro atoms. The number of hydrogen-bond acceptors (Lipinski definition) is 0. The van der Waals surface area contributed by atoms with Gasteiger partial charge in [-0.15, -0.1) is 0 Å². The van der Waals surface area contributed by atoms with E-state index in [1.54, 1.807) is 4.57 Å². The first-order valence-electron chi connectivity index (χ1n) is 18.0. The van der Waals surface area contributed by atoms with Gasteiger partial charge in [0.25, 0.3) is 0 Å². The lowest BCUT2D eigenvalue weighted by Crippen LogP contribution is -1.98. The van der Waals surface area contributed by atoms with Crippen LogP contribution in [-0.2, 0) is 0 Å². The standard InChI is InChI=1S/C42H28N2/c1-3-11-28(12-4-1)30-20-23-41(35(25-30)29-13-5-2-6-14-29)44-40-18-10-8-16-34(40)37-27-32(21-24-42(37)44)31-19-22-39-36(26-31)33-15-7-9-17-38(33)43-39/h1-27,43H/i8D,10D,16D,18D,21D,24D,27D. The van der Waals surface area contributed by atoms with Crippen LogP contribution >= 0.6 is 0 Å². The van der Waals surface area contributed by atoms with Gasteiger partial charge in [-0.1, -0.05) is 115 Å². The maximum absolute atomic E-state index is 9.68. The number of H-pyrrole nitrogens is 1. The summed E-state index contributed by atoms with van der Waals surface area (Å²) >= 11 is 0. The predicted molar refractivity (Wildman–Crippen MR) is 186 cm³/mol. The topological polar surface area (TPSA) is 20.7 Å². The van der Waals surface area contributed by atoms with Crippen LogP contribution in [0.2, 0.25) is 0 Å². The molecule has 206 valence electrons. The summed E-state index contributed by atoms with van der Waals surface area (Å²) in [6.45, 7) is 0. The third-order valence-electron chi connectivity index (χ3n) is 8.38. The highest BCUT2D eigenvalue weighted by Gasteiger charge is 2.17. The second kappa shape index (κ2) is 9.86. The number of nitrogens with zero attached hydrogens (tertiary/aromatic N) is 1. The molecule has 1 N–H and O–H groups in total. The Labute approximate surface area is 265 Å². The summed E-state index contributed by atoms with van der Waals surface area (Å²) < 4.78 is 65.9. The molecule has 0 amide bonds. The molecule has 2 nitrogen and oxygen atoms in total. The zero-order chi connectivity index (χ0) is 35.1. The van der Waals surface area contributed by atoms with Gasteiger partial charge in [-0.05, 0) is 76.3 Å². The number of aromatic amines is 1. The van der Waals surface area contributed by atoms with Crippen LogP contribution in [-0.4, -0.2) is 9.55 Å². The summed E-state index contributed by atoms with van der Waals surface area (Å²) in [5, 5.41) is 2.27. The largest absolute Gasteiger partial charge is 0.355 e. The van der Waals surface area contributed by atoms with Crippen molar-refractivity contribution in [3.8, 4) is 39.1 Å². The molecule has 2 heterocycles. The van der Waals surface area contributed by atoms with Gasteiger partial charge < -0.3 is 9.55 Å². The molecule has 0 aliphatic rings. The van der Waals surface area contributed by atoms with Crippen molar-refractivity contribution in [3.05, 3.63) is 164 Å². The normalized spacial score (nSPS) is 13.9. The Morgan fingerprint density at radius 3 is 2.00 bits per heavy atom. The molecule has 44 heavy (non-hydrogen) atoms. The summed E-state index contributed by atoms with van der Waals surface area (Å²) in [6.07, 6.45) is 0. The van der Waals surface area contributed by atoms with Crippen molar-refractivity contribution in [3.63, 3.8) is 0 Å². The zero-order valence-corrected chi connectivity index (χ0v) is 23.5. The summed E-state index contributed by atoms with van der Waals surface area (Å²) in [5.74, 6) is 0. The van der Waals surface area contributed by atoms with Crippen molar-refractivity contribution in [2.45, 2.75) is 0 Å². The molecule has 7 aromatic carbocycles. The minimum Gasteiger partial charge on any atom is -0.355 e. The predicted octanol–water partition coefficient (Wildman–Crippen LogP) is 11.4. The number of para-hydroxylation sites is 2. The van der Waals surface area contributed by atoms with E-state index in [4.69, 9.17) is 4.11 Å². The highest BCUT2D eigenvalue weighted by atomic mass is 15.0. The van der Waals surface area contributed by atoms with Gasteiger partial charge in [-0.25, -0.2) is 0 Å². The van der Waals surface area contributed by atoms with Crippen molar-refractivity contribution >= 4 is 43.6 Å². The van der Waals surface area contributed by atoms with Crippen LogP contribution in [0.4, 0.5) is 0 Å². The van der Waals surface area contributed by atoms with E-state index < -0.39 is 12.1 Å². The van der Waals surface area contributed by atoms with Gasteiger partial charge in [0.2, 0.25) is 0 Å². The van der Waals surface area contributed by atoms with E-state index >= 15 is 0 Å². The van der Waals surface area contributed by atoms with Gasteiger partial charge in [0.15, 0.2) is 0 Å². The van der Waals surface area contributed by atoms with E-state index in [2.05, 4.69) is 4.98 Å². The van der Waals surface area contributed by atoms with Crippen LogP contribution in [0.15, 0.2) is 164 Å². The number of aromatic nitrogens is 2. The lowest BCUT2D eigenvalue weighted by molar-refractivity contribution is 1.18. The fourth-order valence-electron chi connectivity index (χ4n) is 6.29. The average Bonchev–Trinajstić information content (AvgIpc) is 3.73. The minimum atomic E-state index is -0.420. The van der Waals surface area contributed by atoms with Crippen LogP contribution in [0.25, 0.3) is 82.7 Å². The number of fused-ring (bicyclic) bond motifs is 6. The van der Waals surface area contributed by atoms with Crippen LogP contribution in [0.1, 0.15) is 9.60 Å². The molecule has 2 heteroatoms. The molecular weight excluding hydrogens is 532 g/mol. The number of rotatable bonds is 4. The van der Waals surface area contributed by atoms with Crippen molar-refractivity contribution in [1.82, 2.24) is 9.55 Å². The van der Waals surface area contributed by atoms with Gasteiger partial charge >= 0.3 is 0 Å². The van der Waals surface area contributed by atoms with Crippen LogP contribution < -0.4 is 0 Å². The molecule has 9 aromatic rings. The molecule has 0 saturated carbocycles. The molecule has 0 fully saturated rings. The van der Waals surface area contributed by atoms with E-state index in [9.17, 15) is 5.48 Å². The maximum atomic E-state index is 9.68. The Balaban J connectivity index is 1.42.